The SMILES string of the molecule is CCS(=O)(=O)N(C)c1ccc2sc(C(=O)Nc3ccc(OC)c(Cl)c3)cc2c1. The minimum absolute atomic E-state index is 0.0171. The summed E-state index contributed by atoms with van der Waals surface area (Å²) >= 11 is 7.42. The van der Waals surface area contributed by atoms with Gasteiger partial charge in [-0.1, -0.05) is 11.6 Å². The molecule has 28 heavy (non-hydrogen) atoms. The number of nitrogens with one attached hydrogen (secondary N) is 1. The van der Waals surface area contributed by atoms with E-state index in [-0.39, 0.29) is 11.7 Å². The first kappa shape index (κ1) is 20.4. The molecule has 3 aromatic rings. The summed E-state index contributed by atoms with van der Waals surface area (Å²) in [5.41, 5.74) is 1.11. The fourth-order valence-corrected chi connectivity index (χ4v) is 4.65. The topological polar surface area (TPSA) is 75.7 Å². The van der Waals surface area contributed by atoms with Crippen LogP contribution in [0.3, 0.4) is 0 Å². The van der Waals surface area contributed by atoms with E-state index in [0.29, 0.717) is 27.0 Å². The molecule has 1 heterocycles. The van der Waals surface area contributed by atoms with Crippen LogP contribution in [0.2, 0.25) is 5.02 Å². The average Bonchev–Trinajstić information content (AvgIpc) is 3.11. The van der Waals surface area contributed by atoms with Crippen molar-refractivity contribution in [1.29, 1.82) is 0 Å². The number of ether oxygens (including phenoxy) is 1. The molecule has 0 fully saturated rings. The molecule has 9 heteroatoms. The van der Waals surface area contributed by atoms with E-state index in [4.69, 9.17) is 16.3 Å². The van der Waals surface area contributed by atoms with E-state index in [1.54, 1.807) is 43.3 Å². The second-order valence-corrected chi connectivity index (χ2v) is 9.78. The number of carbonyl (C=O) groups is 1. The lowest BCUT2D eigenvalue weighted by atomic mass is 10.2. The van der Waals surface area contributed by atoms with Gasteiger partial charge in [-0.2, -0.15) is 0 Å². The van der Waals surface area contributed by atoms with Crippen molar-refractivity contribution in [3.8, 4) is 5.75 Å². The molecule has 0 atom stereocenters. The highest BCUT2D eigenvalue weighted by molar-refractivity contribution is 7.92. The summed E-state index contributed by atoms with van der Waals surface area (Å²) in [6, 6.07) is 12.1. The lowest BCUT2D eigenvalue weighted by Gasteiger charge is -2.18. The van der Waals surface area contributed by atoms with Crippen LogP contribution >= 0.6 is 22.9 Å². The van der Waals surface area contributed by atoms with Crippen LogP contribution < -0.4 is 14.4 Å². The van der Waals surface area contributed by atoms with Gasteiger partial charge in [-0.3, -0.25) is 9.10 Å². The van der Waals surface area contributed by atoms with Gasteiger partial charge in [0.2, 0.25) is 10.0 Å². The molecule has 0 aliphatic rings. The molecule has 1 N–H and O–H groups in total. The molecule has 3 rings (SSSR count). The minimum Gasteiger partial charge on any atom is -0.495 e. The Hall–Kier alpha value is -2.29. The van der Waals surface area contributed by atoms with Crippen molar-refractivity contribution in [1.82, 2.24) is 0 Å². The molecule has 2 aromatic carbocycles. The third-order valence-electron chi connectivity index (χ3n) is 4.28. The number of anilines is 2. The first-order valence-electron chi connectivity index (χ1n) is 8.40. The van der Waals surface area contributed by atoms with Crippen LogP contribution in [0.1, 0.15) is 16.6 Å². The van der Waals surface area contributed by atoms with Gasteiger partial charge in [0.25, 0.3) is 5.91 Å². The number of fused-ring (bicyclic) bond motifs is 1. The Balaban J connectivity index is 1.86. The number of rotatable bonds is 6. The van der Waals surface area contributed by atoms with Crippen LogP contribution in [0.4, 0.5) is 11.4 Å². The molecule has 0 saturated heterocycles. The Bertz CT molecular complexity index is 1140. The Morgan fingerprint density at radius 3 is 2.61 bits per heavy atom. The van der Waals surface area contributed by atoms with Gasteiger partial charge < -0.3 is 10.1 Å². The molecule has 0 unspecified atom stereocenters. The molecule has 0 aliphatic heterocycles. The maximum absolute atomic E-state index is 12.6. The quantitative estimate of drug-likeness (QED) is 0.610. The zero-order chi connectivity index (χ0) is 20.5. The standard InChI is InChI=1S/C19H19ClN2O4S2/c1-4-28(24,25)22(2)14-6-8-17-12(9-14)10-18(27-17)19(23)21-13-5-7-16(26-3)15(20)11-13/h5-11H,4H2,1-3H3,(H,21,23). The molecular formula is C19H19ClN2O4S2. The van der Waals surface area contributed by atoms with Crippen LogP contribution in [0, 0.1) is 0 Å². The van der Waals surface area contributed by atoms with Crippen molar-refractivity contribution >= 4 is 60.3 Å². The third-order valence-corrected chi connectivity index (χ3v) is 7.46. The summed E-state index contributed by atoms with van der Waals surface area (Å²) < 4.78 is 31.4. The molecule has 1 aromatic heterocycles. The van der Waals surface area contributed by atoms with Gasteiger partial charge in [0.15, 0.2) is 0 Å². The number of sulfonamides is 1. The zero-order valence-corrected chi connectivity index (χ0v) is 17.9. The largest absolute Gasteiger partial charge is 0.495 e. The van der Waals surface area contributed by atoms with Crippen molar-refractivity contribution in [2.24, 2.45) is 0 Å². The van der Waals surface area contributed by atoms with Crippen molar-refractivity contribution < 1.29 is 17.9 Å². The fourth-order valence-electron chi connectivity index (χ4n) is 2.63. The lowest BCUT2D eigenvalue weighted by Crippen LogP contribution is -2.27. The predicted octanol–water partition coefficient (Wildman–Crippen LogP) is 4.60. The van der Waals surface area contributed by atoms with Crippen molar-refractivity contribution in [3.05, 3.63) is 52.4 Å². The summed E-state index contributed by atoms with van der Waals surface area (Å²) in [6.07, 6.45) is 0. The number of carbonyl (C=O) groups excluding carboxylic acids is 1. The van der Waals surface area contributed by atoms with Gasteiger partial charge in [-0.15, -0.1) is 11.3 Å². The molecular weight excluding hydrogens is 420 g/mol. The van der Waals surface area contributed by atoms with E-state index < -0.39 is 10.0 Å². The summed E-state index contributed by atoms with van der Waals surface area (Å²) in [5, 5.41) is 4.02. The summed E-state index contributed by atoms with van der Waals surface area (Å²) in [5.74, 6) is 0.280. The normalized spacial score (nSPS) is 11.4. The monoisotopic (exact) mass is 438 g/mol. The summed E-state index contributed by atoms with van der Waals surface area (Å²) in [6.45, 7) is 1.60. The van der Waals surface area contributed by atoms with E-state index in [0.717, 1.165) is 10.1 Å². The molecule has 0 spiro atoms. The van der Waals surface area contributed by atoms with E-state index in [2.05, 4.69) is 5.32 Å². The predicted molar refractivity (Wildman–Crippen MR) is 116 cm³/mol. The zero-order valence-electron chi connectivity index (χ0n) is 15.5. The van der Waals surface area contributed by atoms with Crippen LogP contribution in [0.25, 0.3) is 10.1 Å². The maximum atomic E-state index is 12.6. The van der Waals surface area contributed by atoms with Crippen LogP contribution in [-0.2, 0) is 10.0 Å². The number of halogens is 1. The number of amides is 1. The van der Waals surface area contributed by atoms with E-state index in [1.807, 2.05) is 6.07 Å². The van der Waals surface area contributed by atoms with Crippen molar-refractivity contribution in [2.45, 2.75) is 6.92 Å². The van der Waals surface area contributed by atoms with Crippen molar-refractivity contribution in [2.75, 3.05) is 29.5 Å². The van der Waals surface area contributed by atoms with Gasteiger partial charge in [0, 0.05) is 17.4 Å². The first-order chi connectivity index (χ1) is 13.2. The molecule has 0 saturated carbocycles. The van der Waals surface area contributed by atoms with E-state index in [9.17, 15) is 13.2 Å². The Kier molecular flexibility index (Phi) is 5.83. The Labute approximate surface area is 172 Å². The number of hydrogen-bond donors (Lipinski definition) is 1. The lowest BCUT2D eigenvalue weighted by molar-refractivity contribution is 0.103. The third kappa shape index (κ3) is 4.09. The highest BCUT2D eigenvalue weighted by Gasteiger charge is 2.17. The number of nitrogens with zero attached hydrogens (tertiary/aromatic N) is 1. The van der Waals surface area contributed by atoms with Gasteiger partial charge in [-0.25, -0.2) is 8.42 Å². The summed E-state index contributed by atoms with van der Waals surface area (Å²) in [4.78, 5) is 13.1. The van der Waals surface area contributed by atoms with Crippen molar-refractivity contribution in [3.63, 3.8) is 0 Å². The van der Waals surface area contributed by atoms with Gasteiger partial charge in [0.1, 0.15) is 5.75 Å². The molecule has 0 aliphatic carbocycles. The van der Waals surface area contributed by atoms with Gasteiger partial charge in [0.05, 0.1) is 28.4 Å². The maximum Gasteiger partial charge on any atom is 0.265 e. The molecule has 0 bridgehead atoms. The molecule has 1 amide bonds. The second kappa shape index (κ2) is 7.98. The number of methoxy groups -OCH3 is 1. The molecule has 148 valence electrons. The molecule has 6 nitrogen and oxygen atoms in total. The van der Waals surface area contributed by atoms with Crippen LogP contribution in [0.5, 0.6) is 5.75 Å². The molecule has 0 radical (unpaired) electrons. The number of hydrogen-bond acceptors (Lipinski definition) is 5. The van der Waals surface area contributed by atoms with Gasteiger partial charge >= 0.3 is 0 Å². The smallest absolute Gasteiger partial charge is 0.265 e. The van der Waals surface area contributed by atoms with E-state index in [1.165, 1.54) is 29.8 Å². The van der Waals surface area contributed by atoms with Crippen LogP contribution in [-0.4, -0.2) is 34.2 Å². The first-order valence-corrected chi connectivity index (χ1v) is 11.2. The number of thiophene rings is 1. The van der Waals surface area contributed by atoms with Gasteiger partial charge in [-0.05, 0) is 54.8 Å². The van der Waals surface area contributed by atoms with Crippen LogP contribution in [0.15, 0.2) is 42.5 Å². The Morgan fingerprint density at radius 2 is 1.96 bits per heavy atom. The number of benzene rings is 2. The highest BCUT2D eigenvalue weighted by Crippen LogP contribution is 2.31. The minimum atomic E-state index is -3.35. The Morgan fingerprint density at radius 1 is 1.21 bits per heavy atom. The fraction of sp³-hybridized carbons (Fsp3) is 0.211. The summed E-state index contributed by atoms with van der Waals surface area (Å²) in [7, 11) is -0.302. The second-order valence-electron chi connectivity index (χ2n) is 6.00. The van der Waals surface area contributed by atoms with E-state index >= 15 is 0 Å². The average molecular weight is 439 g/mol. The highest BCUT2D eigenvalue weighted by atomic mass is 35.5.